The van der Waals surface area contributed by atoms with Crippen LogP contribution in [0.15, 0.2) is 24.4 Å². The molecule has 0 amide bonds. The smallest absolute Gasteiger partial charge is 0.337 e. The van der Waals surface area contributed by atoms with Gasteiger partial charge in [-0.05, 0) is 25.1 Å². The first-order chi connectivity index (χ1) is 8.52. The maximum atomic E-state index is 11.5. The molecule has 0 unspecified atom stereocenters. The van der Waals surface area contributed by atoms with Crippen molar-refractivity contribution in [2.75, 3.05) is 12.8 Å². The lowest BCUT2D eigenvalue weighted by atomic mass is 10.0. The molecule has 5 nitrogen and oxygen atoms in total. The van der Waals surface area contributed by atoms with Gasteiger partial charge in [-0.25, -0.2) is 4.79 Å². The Morgan fingerprint density at radius 3 is 2.67 bits per heavy atom. The van der Waals surface area contributed by atoms with Crippen molar-refractivity contribution in [2.45, 2.75) is 6.92 Å². The molecular formula is C13H15N3O2. The fourth-order valence-electron chi connectivity index (χ4n) is 1.90. The summed E-state index contributed by atoms with van der Waals surface area (Å²) in [6, 6.07) is 5.08. The first kappa shape index (κ1) is 12.2. The van der Waals surface area contributed by atoms with Gasteiger partial charge in [0.05, 0.1) is 18.4 Å². The predicted octanol–water partition coefficient (Wildman–Crippen LogP) is 1.76. The molecule has 0 saturated carbocycles. The molecule has 18 heavy (non-hydrogen) atoms. The van der Waals surface area contributed by atoms with Crippen LogP contribution in [0.2, 0.25) is 0 Å². The van der Waals surface area contributed by atoms with E-state index in [4.69, 9.17) is 10.5 Å². The number of rotatable bonds is 2. The Bertz CT molecular complexity index is 602. The number of hydrogen-bond donors (Lipinski definition) is 1. The minimum atomic E-state index is -0.377. The second-order valence-corrected chi connectivity index (χ2v) is 4.10. The Balaban J connectivity index is 2.56. The number of hydrogen-bond acceptors (Lipinski definition) is 4. The molecule has 5 heteroatoms. The highest BCUT2D eigenvalue weighted by Gasteiger charge is 2.13. The quantitative estimate of drug-likeness (QED) is 0.646. The number of benzene rings is 1. The molecule has 0 saturated heterocycles. The number of esters is 1. The number of nitrogens with two attached hydrogens (primary N) is 1. The van der Waals surface area contributed by atoms with Crippen LogP contribution in [0, 0.1) is 6.92 Å². The van der Waals surface area contributed by atoms with E-state index in [1.165, 1.54) is 7.11 Å². The van der Waals surface area contributed by atoms with E-state index in [1.54, 1.807) is 22.9 Å². The van der Waals surface area contributed by atoms with Crippen LogP contribution in [0.4, 0.5) is 5.69 Å². The van der Waals surface area contributed by atoms with Crippen LogP contribution in [-0.2, 0) is 11.8 Å². The minimum Gasteiger partial charge on any atom is -0.465 e. The summed E-state index contributed by atoms with van der Waals surface area (Å²) in [5.41, 5.74) is 9.62. The summed E-state index contributed by atoms with van der Waals surface area (Å²) >= 11 is 0. The molecule has 0 atom stereocenters. The Kier molecular flexibility index (Phi) is 3.06. The second-order valence-electron chi connectivity index (χ2n) is 4.10. The lowest BCUT2D eigenvalue weighted by molar-refractivity contribution is 0.0601. The fraction of sp³-hybridized carbons (Fsp3) is 0.231. The largest absolute Gasteiger partial charge is 0.465 e. The number of ether oxygens (including phenoxy) is 1. The van der Waals surface area contributed by atoms with E-state index in [9.17, 15) is 4.79 Å². The van der Waals surface area contributed by atoms with Gasteiger partial charge in [-0.15, -0.1) is 0 Å². The summed E-state index contributed by atoms with van der Waals surface area (Å²) < 4.78 is 6.42. The van der Waals surface area contributed by atoms with E-state index >= 15 is 0 Å². The molecule has 2 N–H and O–H groups in total. The highest BCUT2D eigenvalue weighted by atomic mass is 16.5. The highest BCUT2D eigenvalue weighted by molar-refractivity contribution is 5.93. The van der Waals surface area contributed by atoms with Crippen molar-refractivity contribution in [3.05, 3.63) is 35.7 Å². The van der Waals surface area contributed by atoms with Crippen molar-refractivity contribution in [2.24, 2.45) is 7.05 Å². The van der Waals surface area contributed by atoms with Gasteiger partial charge in [-0.2, -0.15) is 5.10 Å². The molecule has 0 bridgehead atoms. The molecule has 0 aliphatic rings. The Morgan fingerprint density at radius 2 is 2.11 bits per heavy atom. The third-order valence-corrected chi connectivity index (χ3v) is 2.78. The van der Waals surface area contributed by atoms with Crippen LogP contribution >= 0.6 is 0 Å². The summed E-state index contributed by atoms with van der Waals surface area (Å²) in [5.74, 6) is -0.377. The molecule has 2 rings (SSSR count). The SMILES string of the molecule is COC(=O)c1ccc(N)c(-c2cn(C)nc2C)c1. The molecule has 1 heterocycles. The second kappa shape index (κ2) is 4.52. The van der Waals surface area contributed by atoms with Gasteiger partial charge < -0.3 is 10.5 Å². The molecule has 2 aromatic rings. The van der Waals surface area contributed by atoms with Crippen molar-refractivity contribution in [1.29, 1.82) is 0 Å². The summed E-state index contributed by atoms with van der Waals surface area (Å²) in [5, 5.41) is 4.27. The molecule has 0 radical (unpaired) electrons. The van der Waals surface area contributed by atoms with Crippen LogP contribution in [0.25, 0.3) is 11.1 Å². The topological polar surface area (TPSA) is 70.1 Å². The summed E-state index contributed by atoms with van der Waals surface area (Å²) in [7, 11) is 3.20. The van der Waals surface area contributed by atoms with E-state index in [1.807, 2.05) is 20.2 Å². The van der Waals surface area contributed by atoms with Gasteiger partial charge in [0, 0.05) is 30.1 Å². The maximum Gasteiger partial charge on any atom is 0.337 e. The van der Waals surface area contributed by atoms with E-state index in [0.29, 0.717) is 11.3 Å². The molecular weight excluding hydrogens is 230 g/mol. The van der Waals surface area contributed by atoms with Crippen molar-refractivity contribution in [3.8, 4) is 11.1 Å². The van der Waals surface area contributed by atoms with Crippen LogP contribution in [0.5, 0.6) is 0 Å². The van der Waals surface area contributed by atoms with Gasteiger partial charge in [-0.1, -0.05) is 0 Å². The minimum absolute atomic E-state index is 0.377. The van der Waals surface area contributed by atoms with Gasteiger partial charge in [0.15, 0.2) is 0 Å². The maximum absolute atomic E-state index is 11.5. The third kappa shape index (κ3) is 2.07. The molecule has 0 aliphatic carbocycles. The van der Waals surface area contributed by atoms with E-state index in [2.05, 4.69) is 5.10 Å². The monoisotopic (exact) mass is 245 g/mol. The van der Waals surface area contributed by atoms with Crippen LogP contribution in [0.1, 0.15) is 16.1 Å². The third-order valence-electron chi connectivity index (χ3n) is 2.78. The van der Waals surface area contributed by atoms with E-state index in [0.717, 1.165) is 16.8 Å². The zero-order chi connectivity index (χ0) is 13.3. The van der Waals surface area contributed by atoms with Gasteiger partial charge in [0.2, 0.25) is 0 Å². The lowest BCUT2D eigenvalue weighted by Crippen LogP contribution is -2.02. The Hall–Kier alpha value is -2.30. The molecule has 0 spiro atoms. The van der Waals surface area contributed by atoms with Gasteiger partial charge in [-0.3, -0.25) is 4.68 Å². The van der Waals surface area contributed by atoms with E-state index < -0.39 is 0 Å². The van der Waals surface area contributed by atoms with Crippen LogP contribution in [-0.4, -0.2) is 22.9 Å². The average molecular weight is 245 g/mol. The number of carbonyl (C=O) groups is 1. The van der Waals surface area contributed by atoms with Crippen molar-refractivity contribution in [1.82, 2.24) is 9.78 Å². The van der Waals surface area contributed by atoms with Gasteiger partial charge in [0.1, 0.15) is 0 Å². The van der Waals surface area contributed by atoms with Crippen molar-refractivity contribution in [3.63, 3.8) is 0 Å². The number of nitrogen functional groups attached to an aromatic ring is 1. The average Bonchev–Trinajstić information content (AvgIpc) is 2.68. The van der Waals surface area contributed by atoms with Crippen molar-refractivity contribution >= 4 is 11.7 Å². The van der Waals surface area contributed by atoms with Crippen LogP contribution in [0.3, 0.4) is 0 Å². The van der Waals surface area contributed by atoms with E-state index in [-0.39, 0.29) is 5.97 Å². The molecule has 0 aliphatic heterocycles. The number of methoxy groups -OCH3 is 1. The van der Waals surface area contributed by atoms with Crippen LogP contribution < -0.4 is 5.73 Å². The standard InChI is InChI=1S/C13H15N3O2/c1-8-11(7-16(2)15-8)10-6-9(13(17)18-3)4-5-12(10)14/h4-7H,14H2,1-3H3. The number of aryl methyl sites for hydroxylation is 2. The first-order valence-electron chi connectivity index (χ1n) is 5.51. The first-order valence-corrected chi connectivity index (χ1v) is 5.51. The molecule has 94 valence electrons. The zero-order valence-electron chi connectivity index (χ0n) is 10.6. The van der Waals surface area contributed by atoms with Crippen molar-refractivity contribution < 1.29 is 9.53 Å². The summed E-state index contributed by atoms with van der Waals surface area (Å²) in [6.07, 6.45) is 1.88. The van der Waals surface area contributed by atoms with Gasteiger partial charge >= 0.3 is 5.97 Å². The van der Waals surface area contributed by atoms with Gasteiger partial charge in [0.25, 0.3) is 0 Å². The highest BCUT2D eigenvalue weighted by Crippen LogP contribution is 2.29. The number of anilines is 1. The fourth-order valence-corrected chi connectivity index (χ4v) is 1.90. The summed E-state index contributed by atoms with van der Waals surface area (Å²) in [4.78, 5) is 11.5. The Morgan fingerprint density at radius 1 is 1.39 bits per heavy atom. The zero-order valence-corrected chi connectivity index (χ0v) is 10.6. The predicted molar refractivity (Wildman–Crippen MR) is 69.1 cm³/mol. The molecule has 0 fully saturated rings. The number of aromatic nitrogens is 2. The Labute approximate surface area is 105 Å². The molecule has 1 aromatic heterocycles. The molecule has 1 aromatic carbocycles. The summed E-state index contributed by atoms with van der Waals surface area (Å²) in [6.45, 7) is 1.90. The lowest BCUT2D eigenvalue weighted by Gasteiger charge is -2.06. The normalized spacial score (nSPS) is 10.4. The number of nitrogens with zero attached hydrogens (tertiary/aromatic N) is 2. The number of carbonyl (C=O) groups excluding carboxylic acids is 1.